The minimum atomic E-state index is -0.0895. The first kappa shape index (κ1) is 16.9. The summed E-state index contributed by atoms with van der Waals surface area (Å²) in [7, 11) is 0. The summed E-state index contributed by atoms with van der Waals surface area (Å²) in [5, 5.41) is 0. The van der Waals surface area contributed by atoms with Crippen molar-refractivity contribution in [1.82, 2.24) is 4.57 Å². The molecular formula is C17H24N2O2S. The predicted molar refractivity (Wildman–Crippen MR) is 91.2 cm³/mol. The zero-order valence-corrected chi connectivity index (χ0v) is 14.8. The number of ether oxygens (including phenoxy) is 1. The van der Waals surface area contributed by atoms with Crippen LogP contribution in [0.1, 0.15) is 31.9 Å². The number of nitrogens with zero attached hydrogens (tertiary/aromatic N) is 2. The minimum Gasteiger partial charge on any atom is -0.380 e. The summed E-state index contributed by atoms with van der Waals surface area (Å²) in [6.07, 6.45) is 0. The fraction of sp³-hybridized carbons (Fsp3) is 0.529. The van der Waals surface area contributed by atoms with Crippen molar-refractivity contribution in [2.45, 2.75) is 41.2 Å². The number of hydrogen-bond donors (Lipinski definition) is 0. The van der Waals surface area contributed by atoms with Gasteiger partial charge in [0.1, 0.15) is 0 Å². The monoisotopic (exact) mass is 320 g/mol. The molecule has 0 aliphatic rings. The molecule has 0 bridgehead atoms. The molecule has 22 heavy (non-hydrogen) atoms. The standard InChI is InChI=1S/C17H24N2O2S/c1-6-21-8-7-19-14-10-12(4)9-13(5)15(14)22-17(19)18-16(20)11(2)3/h9-11H,6-8H2,1-5H3. The Morgan fingerprint density at radius 2 is 2.09 bits per heavy atom. The average Bonchev–Trinajstić information content (AvgIpc) is 2.77. The van der Waals surface area contributed by atoms with Crippen LogP contribution in [0, 0.1) is 19.8 Å². The van der Waals surface area contributed by atoms with Gasteiger partial charge in [-0.2, -0.15) is 4.99 Å². The number of hydrogen-bond acceptors (Lipinski definition) is 3. The van der Waals surface area contributed by atoms with E-state index in [1.165, 1.54) is 15.8 Å². The van der Waals surface area contributed by atoms with Gasteiger partial charge in [0, 0.05) is 19.1 Å². The lowest BCUT2D eigenvalue weighted by molar-refractivity contribution is -0.120. The first-order valence-corrected chi connectivity index (χ1v) is 8.52. The van der Waals surface area contributed by atoms with Crippen molar-refractivity contribution in [3.63, 3.8) is 0 Å². The van der Waals surface area contributed by atoms with E-state index in [-0.39, 0.29) is 11.8 Å². The zero-order valence-electron chi connectivity index (χ0n) is 14.0. The lowest BCUT2D eigenvalue weighted by atomic mass is 10.1. The Kier molecular flexibility index (Phi) is 5.53. The van der Waals surface area contributed by atoms with Gasteiger partial charge in [-0.1, -0.05) is 31.3 Å². The van der Waals surface area contributed by atoms with Crippen molar-refractivity contribution in [2.75, 3.05) is 13.2 Å². The highest BCUT2D eigenvalue weighted by Crippen LogP contribution is 2.23. The third-order valence-electron chi connectivity index (χ3n) is 3.48. The van der Waals surface area contributed by atoms with Crippen molar-refractivity contribution in [2.24, 2.45) is 10.9 Å². The second kappa shape index (κ2) is 7.20. The molecule has 4 nitrogen and oxygen atoms in total. The van der Waals surface area contributed by atoms with E-state index < -0.39 is 0 Å². The minimum absolute atomic E-state index is 0.0777. The van der Waals surface area contributed by atoms with E-state index in [0.29, 0.717) is 19.8 Å². The van der Waals surface area contributed by atoms with Gasteiger partial charge in [-0.25, -0.2) is 0 Å². The van der Waals surface area contributed by atoms with Crippen LogP contribution in [0.15, 0.2) is 17.1 Å². The molecule has 5 heteroatoms. The molecule has 2 rings (SSSR count). The Morgan fingerprint density at radius 3 is 2.73 bits per heavy atom. The summed E-state index contributed by atoms with van der Waals surface area (Å²) >= 11 is 1.58. The van der Waals surface area contributed by atoms with Gasteiger partial charge in [0.25, 0.3) is 5.91 Å². The maximum Gasteiger partial charge on any atom is 0.250 e. The van der Waals surface area contributed by atoms with Crippen LogP contribution >= 0.6 is 11.3 Å². The molecule has 0 N–H and O–H groups in total. The van der Waals surface area contributed by atoms with Gasteiger partial charge in [-0.05, 0) is 38.0 Å². The Morgan fingerprint density at radius 1 is 1.36 bits per heavy atom. The molecule has 0 radical (unpaired) electrons. The largest absolute Gasteiger partial charge is 0.380 e. The van der Waals surface area contributed by atoms with E-state index in [0.717, 1.165) is 10.3 Å². The van der Waals surface area contributed by atoms with Gasteiger partial charge in [0.05, 0.1) is 16.8 Å². The number of fused-ring (bicyclic) bond motifs is 1. The molecule has 1 amide bonds. The Bertz CT molecular complexity index is 741. The molecule has 0 saturated carbocycles. The molecule has 1 aromatic heterocycles. The summed E-state index contributed by atoms with van der Waals surface area (Å²) in [6, 6.07) is 4.32. The van der Waals surface area contributed by atoms with Crippen LogP contribution in [0.3, 0.4) is 0 Å². The topological polar surface area (TPSA) is 43.6 Å². The highest BCUT2D eigenvalue weighted by Gasteiger charge is 2.12. The lowest BCUT2D eigenvalue weighted by Crippen LogP contribution is -2.20. The number of carbonyl (C=O) groups excluding carboxylic acids is 1. The fourth-order valence-corrected chi connectivity index (χ4v) is 3.45. The van der Waals surface area contributed by atoms with Crippen molar-refractivity contribution < 1.29 is 9.53 Å². The van der Waals surface area contributed by atoms with Crippen molar-refractivity contribution in [3.05, 3.63) is 28.1 Å². The van der Waals surface area contributed by atoms with Crippen LogP contribution < -0.4 is 4.80 Å². The van der Waals surface area contributed by atoms with Crippen LogP contribution in [0.4, 0.5) is 0 Å². The number of aromatic nitrogens is 1. The van der Waals surface area contributed by atoms with Crippen molar-refractivity contribution in [3.8, 4) is 0 Å². The number of amides is 1. The molecule has 0 aliphatic heterocycles. The third kappa shape index (κ3) is 3.65. The van der Waals surface area contributed by atoms with Crippen LogP contribution in [0.5, 0.6) is 0 Å². The lowest BCUT2D eigenvalue weighted by Gasteiger charge is -2.07. The smallest absolute Gasteiger partial charge is 0.250 e. The molecular weight excluding hydrogens is 296 g/mol. The van der Waals surface area contributed by atoms with E-state index in [2.05, 4.69) is 35.5 Å². The van der Waals surface area contributed by atoms with E-state index >= 15 is 0 Å². The van der Waals surface area contributed by atoms with Gasteiger partial charge < -0.3 is 9.30 Å². The van der Waals surface area contributed by atoms with Crippen LogP contribution in [0.25, 0.3) is 10.2 Å². The third-order valence-corrected chi connectivity index (χ3v) is 4.71. The summed E-state index contributed by atoms with van der Waals surface area (Å²) in [5.74, 6) is -0.167. The molecule has 0 spiro atoms. The number of thiazole rings is 1. The highest BCUT2D eigenvalue weighted by molar-refractivity contribution is 7.16. The number of carbonyl (C=O) groups is 1. The van der Waals surface area contributed by atoms with Gasteiger partial charge in [0.15, 0.2) is 4.80 Å². The van der Waals surface area contributed by atoms with E-state index in [4.69, 9.17) is 4.74 Å². The van der Waals surface area contributed by atoms with E-state index in [1.807, 2.05) is 20.8 Å². The molecule has 0 unspecified atom stereocenters. The van der Waals surface area contributed by atoms with Gasteiger partial charge in [-0.15, -0.1) is 0 Å². The molecule has 0 saturated heterocycles. The fourth-order valence-electron chi connectivity index (χ4n) is 2.34. The Balaban J connectivity index is 2.60. The quantitative estimate of drug-likeness (QED) is 0.792. The zero-order chi connectivity index (χ0) is 16.3. The number of rotatable bonds is 5. The van der Waals surface area contributed by atoms with E-state index in [9.17, 15) is 4.79 Å². The highest BCUT2D eigenvalue weighted by atomic mass is 32.1. The number of aryl methyl sites for hydroxylation is 2. The van der Waals surface area contributed by atoms with Crippen LogP contribution in [-0.2, 0) is 16.1 Å². The SMILES string of the molecule is CCOCCn1c(=NC(=O)C(C)C)sc2c(C)cc(C)cc21. The molecule has 120 valence electrons. The maximum atomic E-state index is 12.0. The maximum absolute atomic E-state index is 12.0. The summed E-state index contributed by atoms with van der Waals surface area (Å²) in [6.45, 7) is 12.0. The second-order valence-electron chi connectivity index (χ2n) is 5.77. The predicted octanol–water partition coefficient (Wildman–Crippen LogP) is 3.44. The first-order valence-electron chi connectivity index (χ1n) is 7.71. The van der Waals surface area contributed by atoms with Crippen LogP contribution in [0.2, 0.25) is 0 Å². The first-order chi connectivity index (χ1) is 10.4. The van der Waals surface area contributed by atoms with Crippen molar-refractivity contribution >= 4 is 27.5 Å². The van der Waals surface area contributed by atoms with E-state index in [1.54, 1.807) is 11.3 Å². The van der Waals surface area contributed by atoms with Gasteiger partial charge in [-0.3, -0.25) is 4.79 Å². The molecule has 0 fully saturated rings. The van der Waals surface area contributed by atoms with Gasteiger partial charge in [0.2, 0.25) is 0 Å². The van der Waals surface area contributed by atoms with Crippen molar-refractivity contribution in [1.29, 1.82) is 0 Å². The Labute approximate surface area is 135 Å². The van der Waals surface area contributed by atoms with Crippen LogP contribution in [-0.4, -0.2) is 23.7 Å². The molecule has 2 aromatic rings. The molecule has 1 aromatic carbocycles. The average molecular weight is 320 g/mol. The number of benzene rings is 1. The summed E-state index contributed by atoms with van der Waals surface area (Å²) in [5.41, 5.74) is 3.58. The molecule has 0 aliphatic carbocycles. The normalized spacial score (nSPS) is 12.5. The molecule has 1 heterocycles. The van der Waals surface area contributed by atoms with Gasteiger partial charge >= 0.3 is 0 Å². The second-order valence-corrected chi connectivity index (χ2v) is 6.75. The Hall–Kier alpha value is -1.46. The summed E-state index contributed by atoms with van der Waals surface area (Å²) < 4.78 is 8.78. The molecule has 0 atom stereocenters. The summed E-state index contributed by atoms with van der Waals surface area (Å²) in [4.78, 5) is 17.1.